The molecule has 0 spiro atoms. The molecule has 2 atom stereocenters. The van der Waals surface area contributed by atoms with Gasteiger partial charge in [-0.15, -0.1) is 0 Å². The van der Waals surface area contributed by atoms with Crippen LogP contribution in [0.2, 0.25) is 0 Å². The van der Waals surface area contributed by atoms with Gasteiger partial charge in [-0.25, -0.2) is 0 Å². The molecule has 1 N–H and O–H groups in total. The maximum absolute atomic E-state index is 12.2. The van der Waals surface area contributed by atoms with Gasteiger partial charge in [0.2, 0.25) is 5.91 Å². The smallest absolute Gasteiger partial charge is 0.234 e. The van der Waals surface area contributed by atoms with Crippen LogP contribution in [-0.2, 0) is 14.3 Å². The SMILES string of the molecule is O=C(CN1CCCC1C1CCCC1=O)NC1CCOCC1. The van der Waals surface area contributed by atoms with Gasteiger partial charge in [0.1, 0.15) is 5.78 Å². The monoisotopic (exact) mass is 294 g/mol. The van der Waals surface area contributed by atoms with Crippen molar-refractivity contribution in [3.8, 4) is 0 Å². The van der Waals surface area contributed by atoms with Crippen LogP contribution in [-0.4, -0.2) is 55.0 Å². The van der Waals surface area contributed by atoms with Gasteiger partial charge in [-0.1, -0.05) is 0 Å². The predicted octanol–water partition coefficient (Wildman–Crippen LogP) is 1.12. The van der Waals surface area contributed by atoms with Crippen molar-refractivity contribution in [2.45, 2.75) is 57.0 Å². The Morgan fingerprint density at radius 3 is 2.71 bits per heavy atom. The van der Waals surface area contributed by atoms with Gasteiger partial charge in [0, 0.05) is 37.6 Å². The molecule has 0 aromatic carbocycles. The number of Topliss-reactive ketones (excluding diaryl/α,β-unsaturated/α-hetero) is 1. The van der Waals surface area contributed by atoms with Crippen LogP contribution >= 0.6 is 0 Å². The van der Waals surface area contributed by atoms with E-state index in [1.165, 1.54) is 0 Å². The van der Waals surface area contributed by atoms with Crippen molar-refractivity contribution >= 4 is 11.7 Å². The maximum atomic E-state index is 12.2. The third-order valence-electron chi connectivity index (χ3n) is 5.16. The van der Waals surface area contributed by atoms with E-state index in [2.05, 4.69) is 10.2 Å². The molecule has 1 aliphatic carbocycles. The molecule has 21 heavy (non-hydrogen) atoms. The number of hydrogen-bond donors (Lipinski definition) is 1. The molecule has 0 aromatic heterocycles. The fourth-order valence-corrected chi connectivity index (χ4v) is 4.05. The van der Waals surface area contributed by atoms with Crippen LogP contribution in [0.25, 0.3) is 0 Å². The molecule has 2 unspecified atom stereocenters. The van der Waals surface area contributed by atoms with Crippen LogP contribution in [0.15, 0.2) is 0 Å². The third kappa shape index (κ3) is 3.64. The molecule has 5 nitrogen and oxygen atoms in total. The van der Waals surface area contributed by atoms with Crippen LogP contribution in [0.4, 0.5) is 0 Å². The lowest BCUT2D eigenvalue weighted by Gasteiger charge is -2.29. The van der Waals surface area contributed by atoms with Gasteiger partial charge in [0.15, 0.2) is 0 Å². The first-order chi connectivity index (χ1) is 10.2. The number of likely N-dealkylation sites (tertiary alicyclic amines) is 1. The summed E-state index contributed by atoms with van der Waals surface area (Å²) in [5.41, 5.74) is 0. The standard InChI is InChI=1S/C16H26N2O3/c19-15-5-1-3-13(15)14-4-2-8-18(14)11-16(20)17-12-6-9-21-10-7-12/h12-14H,1-11H2,(H,17,20). The molecule has 2 aliphatic heterocycles. The van der Waals surface area contributed by atoms with E-state index < -0.39 is 0 Å². The van der Waals surface area contributed by atoms with Crippen LogP contribution in [0.5, 0.6) is 0 Å². The van der Waals surface area contributed by atoms with E-state index in [4.69, 9.17) is 4.74 Å². The minimum Gasteiger partial charge on any atom is -0.381 e. The summed E-state index contributed by atoms with van der Waals surface area (Å²) in [6.45, 7) is 2.89. The molecular formula is C16H26N2O3. The number of hydrogen-bond acceptors (Lipinski definition) is 4. The summed E-state index contributed by atoms with van der Waals surface area (Å²) in [4.78, 5) is 26.4. The summed E-state index contributed by atoms with van der Waals surface area (Å²) in [6, 6.07) is 0.570. The van der Waals surface area contributed by atoms with Gasteiger partial charge < -0.3 is 10.1 Å². The predicted molar refractivity (Wildman–Crippen MR) is 78.9 cm³/mol. The zero-order valence-electron chi connectivity index (χ0n) is 12.7. The number of carbonyl (C=O) groups is 2. The van der Waals surface area contributed by atoms with Crippen LogP contribution in [0, 0.1) is 5.92 Å². The van der Waals surface area contributed by atoms with Crippen molar-refractivity contribution < 1.29 is 14.3 Å². The first-order valence-corrected chi connectivity index (χ1v) is 8.38. The summed E-state index contributed by atoms with van der Waals surface area (Å²) >= 11 is 0. The van der Waals surface area contributed by atoms with Crippen molar-refractivity contribution in [1.82, 2.24) is 10.2 Å². The van der Waals surface area contributed by atoms with Crippen molar-refractivity contribution in [2.24, 2.45) is 5.92 Å². The van der Waals surface area contributed by atoms with Crippen molar-refractivity contribution in [3.63, 3.8) is 0 Å². The second-order valence-electron chi connectivity index (χ2n) is 6.60. The Hall–Kier alpha value is -0.940. The molecule has 5 heteroatoms. The Morgan fingerprint density at radius 1 is 1.19 bits per heavy atom. The summed E-state index contributed by atoms with van der Waals surface area (Å²) in [7, 11) is 0. The number of rotatable bonds is 4. The molecule has 0 bridgehead atoms. The summed E-state index contributed by atoms with van der Waals surface area (Å²) in [5.74, 6) is 0.708. The number of amides is 1. The molecule has 2 heterocycles. The largest absolute Gasteiger partial charge is 0.381 e. The lowest BCUT2D eigenvalue weighted by molar-refractivity contribution is -0.126. The van der Waals surface area contributed by atoms with Crippen LogP contribution < -0.4 is 5.32 Å². The van der Waals surface area contributed by atoms with Gasteiger partial charge in [-0.05, 0) is 45.1 Å². The van der Waals surface area contributed by atoms with E-state index in [-0.39, 0.29) is 17.9 Å². The van der Waals surface area contributed by atoms with Gasteiger partial charge >= 0.3 is 0 Å². The quantitative estimate of drug-likeness (QED) is 0.844. The number of ether oxygens (including phenoxy) is 1. The minimum absolute atomic E-state index is 0.110. The molecule has 3 rings (SSSR count). The first kappa shape index (κ1) is 15.0. The Balaban J connectivity index is 1.50. The fourth-order valence-electron chi connectivity index (χ4n) is 4.05. The maximum Gasteiger partial charge on any atom is 0.234 e. The van der Waals surface area contributed by atoms with E-state index in [1.54, 1.807) is 0 Å². The lowest BCUT2D eigenvalue weighted by atomic mass is 9.95. The van der Waals surface area contributed by atoms with Crippen LogP contribution in [0.3, 0.4) is 0 Å². The Morgan fingerprint density at radius 2 is 2.00 bits per heavy atom. The molecule has 3 fully saturated rings. The molecule has 2 saturated heterocycles. The van der Waals surface area contributed by atoms with Gasteiger partial charge in [0.05, 0.1) is 6.54 Å². The number of nitrogens with one attached hydrogen (secondary N) is 1. The number of nitrogens with zero attached hydrogens (tertiary/aromatic N) is 1. The van der Waals surface area contributed by atoms with Gasteiger partial charge in [-0.2, -0.15) is 0 Å². The summed E-state index contributed by atoms with van der Waals surface area (Å²) in [6.07, 6.45) is 6.79. The molecule has 1 amide bonds. The van der Waals surface area contributed by atoms with Crippen molar-refractivity contribution in [1.29, 1.82) is 0 Å². The Labute approximate surface area is 126 Å². The average molecular weight is 294 g/mol. The molecular weight excluding hydrogens is 268 g/mol. The molecule has 0 aromatic rings. The highest BCUT2D eigenvalue weighted by Gasteiger charge is 2.38. The van der Waals surface area contributed by atoms with E-state index in [1.807, 2.05) is 0 Å². The first-order valence-electron chi connectivity index (χ1n) is 8.38. The lowest BCUT2D eigenvalue weighted by Crippen LogP contribution is -2.47. The normalized spacial score (nSPS) is 31.7. The second-order valence-corrected chi connectivity index (χ2v) is 6.60. The zero-order chi connectivity index (χ0) is 14.7. The van der Waals surface area contributed by atoms with E-state index >= 15 is 0 Å². The highest BCUT2D eigenvalue weighted by Crippen LogP contribution is 2.33. The third-order valence-corrected chi connectivity index (χ3v) is 5.16. The van der Waals surface area contributed by atoms with Crippen molar-refractivity contribution in [2.75, 3.05) is 26.3 Å². The highest BCUT2D eigenvalue weighted by atomic mass is 16.5. The van der Waals surface area contributed by atoms with Gasteiger partial charge in [0.25, 0.3) is 0 Å². The highest BCUT2D eigenvalue weighted by molar-refractivity contribution is 5.84. The Kier molecular flexibility index (Phi) is 4.91. The fraction of sp³-hybridized carbons (Fsp3) is 0.875. The number of ketones is 1. The molecule has 118 valence electrons. The molecule has 3 aliphatic rings. The Bertz CT molecular complexity index is 393. The van der Waals surface area contributed by atoms with Crippen molar-refractivity contribution in [3.05, 3.63) is 0 Å². The van der Waals surface area contributed by atoms with E-state index in [0.29, 0.717) is 18.4 Å². The van der Waals surface area contributed by atoms with E-state index in [0.717, 1.165) is 64.7 Å². The molecule has 0 radical (unpaired) electrons. The van der Waals surface area contributed by atoms with E-state index in [9.17, 15) is 9.59 Å². The van der Waals surface area contributed by atoms with Gasteiger partial charge in [-0.3, -0.25) is 14.5 Å². The topological polar surface area (TPSA) is 58.6 Å². The number of carbonyl (C=O) groups excluding carboxylic acids is 2. The summed E-state index contributed by atoms with van der Waals surface area (Å²) < 4.78 is 5.31. The average Bonchev–Trinajstić information content (AvgIpc) is 3.08. The van der Waals surface area contributed by atoms with Crippen LogP contribution in [0.1, 0.15) is 44.9 Å². The summed E-state index contributed by atoms with van der Waals surface area (Å²) in [5, 5.41) is 3.12. The zero-order valence-corrected chi connectivity index (χ0v) is 12.7. The second kappa shape index (κ2) is 6.88. The molecule has 1 saturated carbocycles. The minimum atomic E-state index is 0.110.